The van der Waals surface area contributed by atoms with Gasteiger partial charge in [0.25, 0.3) is 0 Å². The van der Waals surface area contributed by atoms with Crippen LogP contribution < -0.4 is 14.8 Å². The van der Waals surface area contributed by atoms with Crippen molar-refractivity contribution in [1.82, 2.24) is 14.8 Å². The molecule has 0 saturated heterocycles. The number of hydrogen-bond acceptors (Lipinski definition) is 6. The predicted octanol–water partition coefficient (Wildman–Crippen LogP) is 5.62. The molecule has 4 bridgehead atoms. The molecule has 0 aliphatic heterocycles. The van der Waals surface area contributed by atoms with E-state index in [2.05, 4.69) is 26.7 Å². The molecule has 1 N–H and O–H groups in total. The van der Waals surface area contributed by atoms with Crippen LogP contribution in [0.5, 0.6) is 11.5 Å². The summed E-state index contributed by atoms with van der Waals surface area (Å²) in [4.78, 5) is 12.8. The van der Waals surface area contributed by atoms with Crippen LogP contribution in [0.2, 0.25) is 5.02 Å². The number of benzene rings is 1. The highest BCUT2D eigenvalue weighted by atomic mass is 35.5. The smallest absolute Gasteiger partial charge is 0.234 e. The number of rotatable bonds is 10. The summed E-state index contributed by atoms with van der Waals surface area (Å²) >= 11 is 7.56. The van der Waals surface area contributed by atoms with E-state index >= 15 is 0 Å². The van der Waals surface area contributed by atoms with Crippen molar-refractivity contribution in [3.63, 3.8) is 0 Å². The van der Waals surface area contributed by atoms with Crippen molar-refractivity contribution in [3.8, 4) is 11.5 Å². The molecule has 35 heavy (non-hydrogen) atoms. The summed E-state index contributed by atoms with van der Waals surface area (Å²) in [6.07, 6.45) is 11.1. The standard InChI is InChI=1S/C26H33ClN4O3S/c1-4-5-31-23(14-26-11-16-6-17(12-26)8-18(7-16)13-26)29-30-25(31)35-15-24(32)28-20-10-21(33-2)19(27)9-22(20)34-3/h4,9-10,16-18H,1,5-8,11-15H2,2-3H3,(H,28,32). The van der Waals surface area contributed by atoms with Gasteiger partial charge in [0.2, 0.25) is 5.91 Å². The van der Waals surface area contributed by atoms with Crippen molar-refractivity contribution in [2.75, 3.05) is 25.3 Å². The van der Waals surface area contributed by atoms with Gasteiger partial charge >= 0.3 is 0 Å². The van der Waals surface area contributed by atoms with E-state index in [0.29, 0.717) is 34.2 Å². The second-order valence-electron chi connectivity index (χ2n) is 10.4. The maximum Gasteiger partial charge on any atom is 0.234 e. The minimum atomic E-state index is -0.173. The Morgan fingerprint density at radius 3 is 2.43 bits per heavy atom. The average molecular weight is 517 g/mol. The van der Waals surface area contributed by atoms with Crippen LogP contribution >= 0.6 is 23.4 Å². The van der Waals surface area contributed by atoms with E-state index in [-0.39, 0.29) is 11.7 Å². The Morgan fingerprint density at radius 2 is 1.83 bits per heavy atom. The fourth-order valence-corrected chi connectivity index (χ4v) is 7.98. The van der Waals surface area contributed by atoms with Crippen LogP contribution in [0.4, 0.5) is 5.69 Å². The Morgan fingerprint density at radius 1 is 1.17 bits per heavy atom. The highest BCUT2D eigenvalue weighted by Crippen LogP contribution is 2.61. The molecule has 0 spiro atoms. The highest BCUT2D eigenvalue weighted by molar-refractivity contribution is 7.99. The summed E-state index contributed by atoms with van der Waals surface area (Å²) in [6.45, 7) is 4.58. The molecule has 4 saturated carbocycles. The largest absolute Gasteiger partial charge is 0.495 e. The molecule has 9 heteroatoms. The van der Waals surface area contributed by atoms with Gasteiger partial charge in [0, 0.05) is 25.1 Å². The molecule has 0 radical (unpaired) electrons. The molecule has 4 aliphatic rings. The lowest BCUT2D eigenvalue weighted by atomic mass is 9.49. The summed E-state index contributed by atoms with van der Waals surface area (Å²) in [7, 11) is 3.06. The van der Waals surface area contributed by atoms with Gasteiger partial charge in [-0.1, -0.05) is 29.4 Å². The Bertz CT molecular complexity index is 1080. The summed E-state index contributed by atoms with van der Waals surface area (Å²) in [6, 6.07) is 3.29. The van der Waals surface area contributed by atoms with Crippen molar-refractivity contribution in [2.24, 2.45) is 23.2 Å². The zero-order valence-electron chi connectivity index (χ0n) is 20.4. The van der Waals surface area contributed by atoms with Crippen LogP contribution in [0.15, 0.2) is 29.9 Å². The molecule has 4 fully saturated rings. The van der Waals surface area contributed by atoms with E-state index in [1.54, 1.807) is 12.1 Å². The number of methoxy groups -OCH3 is 2. The van der Waals surface area contributed by atoms with Gasteiger partial charge in [0.05, 0.1) is 30.7 Å². The van der Waals surface area contributed by atoms with Gasteiger partial charge in [0.1, 0.15) is 17.3 Å². The van der Waals surface area contributed by atoms with Crippen molar-refractivity contribution in [1.29, 1.82) is 0 Å². The second-order valence-corrected chi connectivity index (χ2v) is 11.8. The van der Waals surface area contributed by atoms with Gasteiger partial charge in [0.15, 0.2) is 5.16 Å². The van der Waals surface area contributed by atoms with Crippen molar-refractivity contribution >= 4 is 35.0 Å². The maximum atomic E-state index is 12.8. The van der Waals surface area contributed by atoms with Crippen LogP contribution in [0.1, 0.15) is 44.3 Å². The molecule has 0 unspecified atom stereocenters. The molecule has 7 nitrogen and oxygen atoms in total. The number of thioether (sulfide) groups is 1. The third-order valence-electron chi connectivity index (χ3n) is 7.88. The highest BCUT2D eigenvalue weighted by Gasteiger charge is 2.51. The normalized spacial score (nSPS) is 26.5. The summed E-state index contributed by atoms with van der Waals surface area (Å²) < 4.78 is 12.8. The van der Waals surface area contributed by atoms with E-state index in [4.69, 9.17) is 21.1 Å². The average Bonchev–Trinajstić information content (AvgIpc) is 3.18. The van der Waals surface area contributed by atoms with Gasteiger partial charge in [-0.25, -0.2) is 0 Å². The van der Waals surface area contributed by atoms with E-state index in [1.165, 1.54) is 64.5 Å². The number of amides is 1. The summed E-state index contributed by atoms with van der Waals surface area (Å²) in [5.74, 6) is 4.69. The van der Waals surface area contributed by atoms with Crippen molar-refractivity contribution < 1.29 is 14.3 Å². The second kappa shape index (κ2) is 10.1. The first kappa shape index (κ1) is 24.5. The Balaban J connectivity index is 1.27. The van der Waals surface area contributed by atoms with Gasteiger partial charge in [-0.3, -0.25) is 4.79 Å². The number of ether oxygens (including phenoxy) is 2. The minimum Gasteiger partial charge on any atom is -0.495 e. The molecule has 6 rings (SSSR count). The first-order chi connectivity index (χ1) is 16.9. The van der Waals surface area contributed by atoms with Crippen LogP contribution in [0.3, 0.4) is 0 Å². The maximum absolute atomic E-state index is 12.8. The van der Waals surface area contributed by atoms with Gasteiger partial charge in [-0.2, -0.15) is 0 Å². The molecule has 1 aromatic carbocycles. The van der Waals surface area contributed by atoms with Crippen molar-refractivity contribution in [2.45, 2.75) is 56.6 Å². The monoisotopic (exact) mass is 516 g/mol. The number of hydrogen-bond donors (Lipinski definition) is 1. The Labute approximate surface area is 216 Å². The number of anilines is 1. The SMILES string of the molecule is C=CCn1c(CC23CC4CC(CC(C4)C2)C3)nnc1SCC(=O)Nc1cc(OC)c(Cl)cc1OC. The quantitative estimate of drug-likeness (QED) is 0.326. The van der Waals surface area contributed by atoms with Crippen LogP contribution in [-0.2, 0) is 17.8 Å². The number of aromatic nitrogens is 3. The minimum absolute atomic E-state index is 0.173. The fraction of sp³-hybridized carbons (Fsp3) is 0.577. The molecule has 1 heterocycles. The molecule has 0 atom stereocenters. The molecule has 4 aliphatic carbocycles. The van der Waals surface area contributed by atoms with E-state index < -0.39 is 0 Å². The Kier molecular flexibility index (Phi) is 7.04. The summed E-state index contributed by atoms with van der Waals surface area (Å²) in [5.41, 5.74) is 0.888. The number of allylic oxidation sites excluding steroid dienone is 1. The molecule has 1 amide bonds. The molecular weight excluding hydrogens is 484 g/mol. The number of halogens is 1. The summed E-state index contributed by atoms with van der Waals surface area (Å²) in [5, 5.41) is 13.1. The van der Waals surface area contributed by atoms with Crippen LogP contribution in [-0.4, -0.2) is 40.6 Å². The van der Waals surface area contributed by atoms with Crippen LogP contribution in [0, 0.1) is 23.2 Å². The number of nitrogens with one attached hydrogen (secondary N) is 1. The number of carbonyl (C=O) groups excluding carboxylic acids is 1. The van der Waals surface area contributed by atoms with Gasteiger partial charge < -0.3 is 19.4 Å². The third kappa shape index (κ3) is 5.05. The zero-order chi connectivity index (χ0) is 24.6. The zero-order valence-corrected chi connectivity index (χ0v) is 22.0. The molecule has 188 valence electrons. The number of carbonyl (C=O) groups is 1. The number of nitrogens with zero attached hydrogens (tertiary/aromatic N) is 3. The first-order valence-corrected chi connectivity index (χ1v) is 13.7. The van der Waals surface area contributed by atoms with E-state index in [0.717, 1.165) is 35.2 Å². The van der Waals surface area contributed by atoms with Gasteiger partial charge in [-0.15, -0.1) is 16.8 Å². The lowest BCUT2D eigenvalue weighted by Crippen LogP contribution is -2.47. The third-order valence-corrected chi connectivity index (χ3v) is 9.15. The predicted molar refractivity (Wildman–Crippen MR) is 138 cm³/mol. The Hall–Kier alpha value is -2.19. The van der Waals surface area contributed by atoms with Crippen LogP contribution in [0.25, 0.3) is 0 Å². The lowest BCUT2D eigenvalue weighted by molar-refractivity contribution is -0.113. The fourth-order valence-electron chi connectivity index (χ4n) is 6.99. The van der Waals surface area contributed by atoms with E-state index in [9.17, 15) is 4.79 Å². The molecule has 2 aromatic rings. The topological polar surface area (TPSA) is 78.3 Å². The first-order valence-electron chi connectivity index (χ1n) is 12.3. The van der Waals surface area contributed by atoms with Crippen molar-refractivity contribution in [3.05, 3.63) is 35.6 Å². The van der Waals surface area contributed by atoms with Gasteiger partial charge in [-0.05, 0) is 61.7 Å². The van der Waals surface area contributed by atoms with E-state index in [1.807, 2.05) is 6.08 Å². The molecule has 1 aromatic heterocycles. The lowest BCUT2D eigenvalue weighted by Gasteiger charge is -2.56. The molecular formula is C26H33ClN4O3S.